The van der Waals surface area contributed by atoms with E-state index in [1.807, 2.05) is 0 Å². The van der Waals surface area contributed by atoms with Crippen LogP contribution >= 0.6 is 0 Å². The first-order valence-corrected chi connectivity index (χ1v) is 6.59. The molecule has 1 amide bonds. The van der Waals surface area contributed by atoms with E-state index in [4.69, 9.17) is 5.73 Å². The summed E-state index contributed by atoms with van der Waals surface area (Å²) in [6.07, 6.45) is 4.23. The van der Waals surface area contributed by atoms with Crippen LogP contribution in [0, 0.1) is 0 Å². The highest BCUT2D eigenvalue weighted by atomic mass is 19.3. The van der Waals surface area contributed by atoms with Crippen LogP contribution in [0.25, 0.3) is 11.3 Å². The number of halogens is 2. The summed E-state index contributed by atoms with van der Waals surface area (Å²) in [5.74, 6) is 0. The fraction of sp³-hybridized carbons (Fsp3) is 0.214. The minimum Gasteiger partial charge on any atom is -0.530 e. The van der Waals surface area contributed by atoms with Crippen LogP contribution in [0.5, 0.6) is 0 Å². The minimum absolute atomic E-state index is 0.0140. The molecule has 2 rings (SSSR count). The van der Waals surface area contributed by atoms with Crippen LogP contribution in [-0.4, -0.2) is 20.9 Å². The molecule has 2 aromatic rings. The van der Waals surface area contributed by atoms with Crippen LogP contribution < -0.4 is 16.2 Å². The van der Waals surface area contributed by atoms with Crippen molar-refractivity contribution in [2.24, 2.45) is 0 Å². The Morgan fingerprint density at radius 2 is 2.22 bits per heavy atom. The van der Waals surface area contributed by atoms with Crippen molar-refractivity contribution < 1.29 is 18.7 Å². The third-order valence-electron chi connectivity index (χ3n) is 3.14. The summed E-state index contributed by atoms with van der Waals surface area (Å²) in [5, 5.41) is 16.5. The summed E-state index contributed by atoms with van der Waals surface area (Å²) in [5.41, 5.74) is 6.54. The predicted octanol–water partition coefficient (Wildman–Crippen LogP) is 1.47. The normalized spacial score (nSPS) is 12.1. The van der Waals surface area contributed by atoms with Crippen molar-refractivity contribution in [1.29, 1.82) is 0 Å². The summed E-state index contributed by atoms with van der Waals surface area (Å²) < 4.78 is 26.5. The molecule has 0 bridgehead atoms. The summed E-state index contributed by atoms with van der Waals surface area (Å²) in [6, 6.07) is 0.859. The number of anilines is 1. The molecule has 0 radical (unpaired) electrons. The fourth-order valence-corrected chi connectivity index (χ4v) is 2.19. The Morgan fingerprint density at radius 3 is 2.83 bits per heavy atom. The first-order valence-electron chi connectivity index (χ1n) is 6.59. The second-order valence-corrected chi connectivity index (χ2v) is 4.69. The van der Waals surface area contributed by atoms with Crippen molar-refractivity contribution in [3.63, 3.8) is 0 Å². The topological polar surface area (TPSA) is 109 Å². The van der Waals surface area contributed by atoms with Crippen molar-refractivity contribution in [2.75, 3.05) is 5.73 Å². The molecule has 0 aliphatic heterocycles. The molecule has 0 spiro atoms. The molecule has 0 aromatic carbocycles. The number of nitrogens with zero attached hydrogens (tertiary/aromatic N) is 3. The molecule has 2 aromatic heterocycles. The van der Waals surface area contributed by atoms with Crippen LogP contribution in [0.4, 0.5) is 19.3 Å². The van der Waals surface area contributed by atoms with Gasteiger partial charge in [-0.15, -0.1) is 6.58 Å². The van der Waals surface area contributed by atoms with Gasteiger partial charge in [0, 0.05) is 18.0 Å². The molecule has 0 saturated heterocycles. The monoisotopic (exact) mass is 322 g/mol. The van der Waals surface area contributed by atoms with Gasteiger partial charge < -0.3 is 21.0 Å². The van der Waals surface area contributed by atoms with Crippen LogP contribution in [0.15, 0.2) is 37.3 Å². The number of amides is 1. The van der Waals surface area contributed by atoms with Crippen molar-refractivity contribution in [2.45, 2.75) is 19.0 Å². The van der Waals surface area contributed by atoms with Crippen molar-refractivity contribution in [3.8, 4) is 11.3 Å². The van der Waals surface area contributed by atoms with Crippen molar-refractivity contribution in [1.82, 2.24) is 20.1 Å². The van der Waals surface area contributed by atoms with Crippen molar-refractivity contribution >= 4 is 11.8 Å². The molecule has 9 heteroatoms. The number of nitrogens with one attached hydrogen (secondary N) is 1. The molecule has 0 saturated carbocycles. The molecule has 3 N–H and O–H groups in total. The summed E-state index contributed by atoms with van der Waals surface area (Å²) in [6.45, 7) is 0.685. The Morgan fingerprint density at radius 1 is 1.48 bits per heavy atom. The highest BCUT2D eigenvalue weighted by Gasteiger charge is 2.19. The SMILES string of the molecule is C=CCC(NC(=O)[O-])c1cncc(-c2c(N)cnn2C(F)F)c1. The number of pyridine rings is 1. The second kappa shape index (κ2) is 6.86. The molecule has 23 heavy (non-hydrogen) atoms. The van der Waals surface area contributed by atoms with E-state index in [1.54, 1.807) is 0 Å². The molecular formula is C14H14F2N5O2-. The average molecular weight is 322 g/mol. The van der Waals surface area contributed by atoms with E-state index >= 15 is 0 Å². The van der Waals surface area contributed by atoms with E-state index in [2.05, 4.69) is 22.0 Å². The number of nitrogens with two attached hydrogens (primary N) is 1. The zero-order valence-corrected chi connectivity index (χ0v) is 11.9. The number of alkyl halides is 2. The molecule has 1 atom stereocenters. The van der Waals surface area contributed by atoms with Crippen LogP contribution in [0.2, 0.25) is 0 Å². The Hall–Kier alpha value is -2.97. The number of rotatable bonds is 6. The van der Waals surface area contributed by atoms with Gasteiger partial charge in [0.25, 0.3) is 0 Å². The van der Waals surface area contributed by atoms with Crippen molar-refractivity contribution in [3.05, 3.63) is 42.9 Å². The van der Waals surface area contributed by atoms with Gasteiger partial charge in [-0.1, -0.05) is 6.08 Å². The third kappa shape index (κ3) is 3.62. The predicted molar refractivity (Wildman–Crippen MR) is 77.2 cm³/mol. The molecule has 122 valence electrons. The van der Waals surface area contributed by atoms with Gasteiger partial charge in [0.05, 0.1) is 23.6 Å². The lowest BCUT2D eigenvalue weighted by Gasteiger charge is -2.19. The second-order valence-electron chi connectivity index (χ2n) is 4.69. The van der Waals surface area contributed by atoms with Crippen LogP contribution in [-0.2, 0) is 0 Å². The number of hydrogen-bond donors (Lipinski definition) is 2. The maximum Gasteiger partial charge on any atom is 0.333 e. The molecule has 0 aliphatic carbocycles. The van der Waals surface area contributed by atoms with E-state index in [-0.39, 0.29) is 17.8 Å². The van der Waals surface area contributed by atoms with Gasteiger partial charge in [0.2, 0.25) is 0 Å². The van der Waals surface area contributed by atoms with E-state index < -0.39 is 18.7 Å². The summed E-state index contributed by atoms with van der Waals surface area (Å²) in [4.78, 5) is 14.7. The largest absolute Gasteiger partial charge is 0.530 e. The number of carbonyl (C=O) groups excluding carboxylic acids is 1. The number of nitrogen functional groups attached to an aromatic ring is 1. The molecule has 0 aliphatic rings. The van der Waals surface area contributed by atoms with Gasteiger partial charge in [-0.05, 0) is 18.1 Å². The molecule has 2 heterocycles. The molecule has 7 nitrogen and oxygen atoms in total. The Balaban J connectivity index is 2.45. The van der Waals surface area contributed by atoms with Crippen LogP contribution in [0.3, 0.4) is 0 Å². The number of carboxylic acid groups (broad SMARTS) is 1. The summed E-state index contributed by atoms with van der Waals surface area (Å²) in [7, 11) is 0. The maximum atomic E-state index is 13.0. The average Bonchev–Trinajstić information content (AvgIpc) is 2.88. The smallest absolute Gasteiger partial charge is 0.333 e. The molecule has 0 fully saturated rings. The van der Waals surface area contributed by atoms with E-state index in [9.17, 15) is 18.7 Å². The van der Waals surface area contributed by atoms with Gasteiger partial charge in [0.15, 0.2) is 0 Å². The summed E-state index contributed by atoms with van der Waals surface area (Å²) >= 11 is 0. The lowest BCUT2D eigenvalue weighted by molar-refractivity contribution is -0.251. The molecule has 1 unspecified atom stereocenters. The van der Waals surface area contributed by atoms with Gasteiger partial charge in [-0.25, -0.2) is 4.68 Å². The standard InChI is InChI=1S/C14H15F2N5O2/c1-2-3-11(20-14(22)23)8-4-9(6-18-5-8)12-10(17)7-19-21(12)13(15)16/h2,4-7,11,13,20H,1,3,17H2,(H,22,23)/p-1. The lowest BCUT2D eigenvalue weighted by Crippen LogP contribution is -2.38. The van der Waals surface area contributed by atoms with E-state index in [0.717, 1.165) is 6.20 Å². The Labute approximate surface area is 130 Å². The zero-order chi connectivity index (χ0) is 17.0. The van der Waals surface area contributed by atoms with Crippen LogP contribution in [0.1, 0.15) is 24.6 Å². The fourth-order valence-electron chi connectivity index (χ4n) is 2.19. The highest BCUT2D eigenvalue weighted by molar-refractivity contribution is 5.72. The van der Waals surface area contributed by atoms with Gasteiger partial charge in [-0.3, -0.25) is 4.98 Å². The first kappa shape index (κ1) is 16.4. The minimum atomic E-state index is -2.86. The van der Waals surface area contributed by atoms with Gasteiger partial charge in [0.1, 0.15) is 6.09 Å². The quantitative estimate of drug-likeness (QED) is 0.783. The van der Waals surface area contributed by atoms with E-state index in [1.165, 1.54) is 24.5 Å². The Kier molecular flexibility index (Phi) is 4.89. The molecular weight excluding hydrogens is 308 g/mol. The zero-order valence-electron chi connectivity index (χ0n) is 11.9. The number of aromatic nitrogens is 3. The van der Waals surface area contributed by atoms with E-state index in [0.29, 0.717) is 15.8 Å². The maximum absolute atomic E-state index is 13.0. The lowest BCUT2D eigenvalue weighted by atomic mass is 10.0. The number of carbonyl (C=O) groups is 1. The number of hydrogen-bond acceptors (Lipinski definition) is 5. The van der Waals surface area contributed by atoms with Gasteiger partial charge in [-0.2, -0.15) is 13.9 Å². The Bertz CT molecular complexity index is 717. The first-order chi connectivity index (χ1) is 10.9. The highest BCUT2D eigenvalue weighted by Crippen LogP contribution is 2.30. The van der Waals surface area contributed by atoms with Gasteiger partial charge >= 0.3 is 6.55 Å². The third-order valence-corrected chi connectivity index (χ3v) is 3.14.